The Hall–Kier alpha value is -1.83. The van der Waals surface area contributed by atoms with Gasteiger partial charge in [-0.1, -0.05) is 26.2 Å². The second-order valence-corrected chi connectivity index (χ2v) is 22.1. The Morgan fingerprint density at radius 3 is 0.643 bits per heavy atom. The van der Waals surface area contributed by atoms with E-state index in [2.05, 4.69) is 0 Å². The summed E-state index contributed by atoms with van der Waals surface area (Å²) in [4.78, 5) is 0. The monoisotopic (exact) mass is 450 g/mol. The van der Waals surface area contributed by atoms with Crippen LogP contribution >= 0.6 is 0 Å². The third kappa shape index (κ3) is 2.88. The normalized spacial score (nSPS) is 12.6. The molecule has 0 radical (unpaired) electrons. The van der Waals surface area contributed by atoms with Crippen molar-refractivity contribution in [3.05, 3.63) is 58.2 Å². The molecular formula is C16H12F10Si2. The van der Waals surface area contributed by atoms with Crippen LogP contribution in [0.5, 0.6) is 0 Å². The first-order valence-electron chi connectivity index (χ1n) is 7.64. The Morgan fingerprint density at radius 2 is 0.464 bits per heavy atom. The summed E-state index contributed by atoms with van der Waals surface area (Å²) in [7, 11) is -8.08. The molecule has 0 saturated carbocycles. The Bertz CT molecular complexity index is 847. The number of rotatable bonds is 3. The summed E-state index contributed by atoms with van der Waals surface area (Å²) in [6.45, 7) is 4.20. The van der Waals surface area contributed by atoms with Crippen LogP contribution in [0.1, 0.15) is 0 Å². The lowest BCUT2D eigenvalue weighted by Crippen LogP contribution is -2.72. The van der Waals surface area contributed by atoms with E-state index in [1.165, 1.54) is 0 Å². The highest BCUT2D eigenvalue weighted by atomic mass is 29.3. The highest BCUT2D eigenvalue weighted by molar-refractivity contribution is 7.50. The zero-order valence-electron chi connectivity index (χ0n) is 14.8. The van der Waals surface area contributed by atoms with Crippen molar-refractivity contribution >= 4 is 25.6 Å². The van der Waals surface area contributed by atoms with E-state index in [9.17, 15) is 43.9 Å². The molecule has 0 saturated heterocycles. The average Bonchev–Trinajstić information content (AvgIpc) is 2.61. The lowest BCUT2D eigenvalue weighted by atomic mass is 10.3. The van der Waals surface area contributed by atoms with Gasteiger partial charge in [0.15, 0.2) is 46.5 Å². The lowest BCUT2D eigenvalue weighted by Gasteiger charge is -2.39. The van der Waals surface area contributed by atoms with Gasteiger partial charge in [0.05, 0.1) is 15.2 Å². The van der Waals surface area contributed by atoms with Gasteiger partial charge in [-0.3, -0.25) is 0 Å². The van der Waals surface area contributed by atoms with Gasteiger partial charge in [0, 0.05) is 10.4 Å². The van der Waals surface area contributed by atoms with Crippen LogP contribution in [-0.4, -0.2) is 15.2 Å². The van der Waals surface area contributed by atoms with Crippen LogP contribution in [0.2, 0.25) is 26.2 Å². The Morgan fingerprint density at radius 1 is 0.321 bits per heavy atom. The van der Waals surface area contributed by atoms with Gasteiger partial charge in [0.1, 0.15) is 0 Å². The second kappa shape index (κ2) is 6.90. The third-order valence-electron chi connectivity index (χ3n) is 5.23. The number of hydrogen-bond acceptors (Lipinski definition) is 0. The predicted octanol–water partition coefficient (Wildman–Crippen LogP) is 4.69. The van der Waals surface area contributed by atoms with Crippen molar-refractivity contribution in [3.63, 3.8) is 0 Å². The first kappa shape index (κ1) is 22.5. The van der Waals surface area contributed by atoms with E-state index in [1.807, 2.05) is 0 Å². The summed E-state index contributed by atoms with van der Waals surface area (Å²) in [5, 5.41) is -2.52. The van der Waals surface area contributed by atoms with Crippen molar-refractivity contribution in [1.82, 2.24) is 0 Å². The molecular weight excluding hydrogens is 438 g/mol. The van der Waals surface area contributed by atoms with E-state index in [4.69, 9.17) is 0 Å². The van der Waals surface area contributed by atoms with Gasteiger partial charge in [-0.25, -0.2) is 43.9 Å². The van der Waals surface area contributed by atoms with Gasteiger partial charge < -0.3 is 0 Å². The molecule has 0 aliphatic rings. The van der Waals surface area contributed by atoms with Crippen LogP contribution in [0.4, 0.5) is 43.9 Å². The average molecular weight is 450 g/mol. The van der Waals surface area contributed by atoms with E-state index in [0.717, 1.165) is 26.2 Å². The number of hydrogen-bond donors (Lipinski definition) is 0. The first-order chi connectivity index (χ1) is 12.6. The molecule has 0 amide bonds. The van der Waals surface area contributed by atoms with Crippen LogP contribution in [0.3, 0.4) is 0 Å². The molecule has 154 valence electrons. The van der Waals surface area contributed by atoms with E-state index >= 15 is 0 Å². The summed E-state index contributed by atoms with van der Waals surface area (Å²) in [5.41, 5.74) is 0. The molecule has 2 rings (SSSR count). The third-order valence-corrected chi connectivity index (χ3v) is 22.6. The van der Waals surface area contributed by atoms with E-state index in [0.29, 0.717) is 0 Å². The first-order valence-corrected chi connectivity index (χ1v) is 14.6. The number of halogens is 10. The van der Waals surface area contributed by atoms with Gasteiger partial charge in [0.2, 0.25) is 11.6 Å². The van der Waals surface area contributed by atoms with Crippen molar-refractivity contribution in [1.29, 1.82) is 0 Å². The van der Waals surface area contributed by atoms with Gasteiger partial charge >= 0.3 is 0 Å². The molecule has 0 heterocycles. The molecule has 0 nitrogen and oxygen atoms in total. The predicted molar refractivity (Wildman–Crippen MR) is 86.7 cm³/mol. The van der Waals surface area contributed by atoms with Gasteiger partial charge in [0.25, 0.3) is 0 Å². The van der Waals surface area contributed by atoms with E-state index < -0.39 is 83.7 Å². The largest absolute Gasteiger partial charge is 0.204 e. The van der Waals surface area contributed by atoms with Gasteiger partial charge in [-0.05, 0) is 0 Å². The fraction of sp³-hybridized carbons (Fsp3) is 0.250. The summed E-state index contributed by atoms with van der Waals surface area (Å²) in [6.07, 6.45) is 0. The molecule has 2 aromatic rings. The van der Waals surface area contributed by atoms with Crippen LogP contribution in [0.25, 0.3) is 0 Å². The topological polar surface area (TPSA) is 0 Å². The fourth-order valence-corrected chi connectivity index (χ4v) is 11.9. The van der Waals surface area contributed by atoms with E-state index in [1.54, 1.807) is 0 Å². The Labute approximate surface area is 154 Å². The quantitative estimate of drug-likeness (QED) is 0.276. The van der Waals surface area contributed by atoms with Crippen LogP contribution < -0.4 is 10.4 Å². The SMILES string of the molecule is C[Si](C)(c1c(F)c(F)c(F)c(F)c1F)[Si](C)(C)c1c(F)c(F)c(F)c(F)c1F. The van der Waals surface area contributed by atoms with Crippen molar-refractivity contribution < 1.29 is 43.9 Å². The van der Waals surface area contributed by atoms with Crippen LogP contribution in [0, 0.1) is 58.2 Å². The summed E-state index contributed by atoms with van der Waals surface area (Å²) in [6, 6.07) is 0. The minimum atomic E-state index is -4.04. The highest BCUT2D eigenvalue weighted by Gasteiger charge is 2.52. The molecule has 0 aliphatic heterocycles. The molecule has 0 fully saturated rings. The molecule has 0 N–H and O–H groups in total. The summed E-state index contributed by atoms with van der Waals surface area (Å²) >= 11 is 0. The fourth-order valence-electron chi connectivity index (χ4n) is 2.93. The Kier molecular flexibility index (Phi) is 5.54. The Balaban J connectivity index is 2.92. The lowest BCUT2D eigenvalue weighted by molar-refractivity contribution is 0.383. The highest BCUT2D eigenvalue weighted by Crippen LogP contribution is 2.28. The van der Waals surface area contributed by atoms with Crippen molar-refractivity contribution in [2.75, 3.05) is 0 Å². The van der Waals surface area contributed by atoms with Crippen molar-refractivity contribution in [2.45, 2.75) is 26.2 Å². The van der Waals surface area contributed by atoms with Crippen molar-refractivity contribution in [2.24, 2.45) is 0 Å². The molecule has 12 heteroatoms. The zero-order valence-corrected chi connectivity index (χ0v) is 16.8. The maximum Gasteiger partial charge on any atom is 0.200 e. The number of benzene rings is 2. The zero-order chi connectivity index (χ0) is 21.9. The molecule has 28 heavy (non-hydrogen) atoms. The molecule has 0 aliphatic carbocycles. The standard InChI is InChI=1S/C16H12F10Si2/c1-27(2,15-11(23)7(19)5(17)8(20)12(15)24)28(3,4)16-13(25)9(21)6(18)10(22)14(16)26/h1-4H3. The molecule has 0 spiro atoms. The molecule has 0 atom stereocenters. The molecule has 0 unspecified atom stereocenters. The van der Waals surface area contributed by atoms with Crippen LogP contribution in [0.15, 0.2) is 0 Å². The second-order valence-electron chi connectivity index (χ2n) is 7.14. The van der Waals surface area contributed by atoms with Crippen molar-refractivity contribution in [3.8, 4) is 0 Å². The molecule has 0 bridgehead atoms. The smallest absolute Gasteiger partial charge is 0.200 e. The maximum atomic E-state index is 14.3. The van der Waals surface area contributed by atoms with E-state index in [-0.39, 0.29) is 0 Å². The van der Waals surface area contributed by atoms with Crippen LogP contribution in [-0.2, 0) is 0 Å². The minimum absolute atomic E-state index is 1.05. The summed E-state index contributed by atoms with van der Waals surface area (Å²) in [5.74, 6) is -22.6. The van der Waals surface area contributed by atoms with Gasteiger partial charge in [-0.2, -0.15) is 0 Å². The molecule has 2 aromatic carbocycles. The van der Waals surface area contributed by atoms with Gasteiger partial charge in [-0.15, -0.1) is 0 Å². The summed E-state index contributed by atoms with van der Waals surface area (Å²) < 4.78 is 138. The maximum absolute atomic E-state index is 14.3. The minimum Gasteiger partial charge on any atom is -0.204 e. The molecule has 0 aromatic heterocycles.